The number of benzene rings is 2. The van der Waals surface area contributed by atoms with E-state index in [0.717, 1.165) is 0 Å². The molecule has 2 heterocycles. The predicted molar refractivity (Wildman–Crippen MR) is 119 cm³/mol. The number of aromatic nitrogens is 4. The molecule has 2 N–H and O–H groups in total. The summed E-state index contributed by atoms with van der Waals surface area (Å²) in [6.07, 6.45) is -1.07. The Hall–Kier alpha value is -4.27. The van der Waals surface area contributed by atoms with Gasteiger partial charge >= 0.3 is 11.9 Å². The van der Waals surface area contributed by atoms with Crippen LogP contribution in [0.2, 0.25) is 0 Å². The Morgan fingerprint density at radius 2 is 0.853 bits per heavy atom. The van der Waals surface area contributed by atoms with Gasteiger partial charge in [-0.1, -0.05) is 24.3 Å². The average molecular weight is 454 g/mol. The van der Waals surface area contributed by atoms with E-state index in [4.69, 9.17) is 0 Å². The van der Waals surface area contributed by atoms with Crippen LogP contribution in [0.4, 0.5) is 0 Å². The van der Waals surface area contributed by atoms with E-state index in [0.29, 0.717) is 44.8 Å². The molecule has 9 nitrogen and oxygen atoms in total. The Balaban J connectivity index is 1.67. The summed E-state index contributed by atoms with van der Waals surface area (Å²) in [4.78, 5) is 58.1. The molecular weight excluding hydrogens is 436 g/mol. The number of hydrogen-bond donors (Lipinski definition) is 2. The first-order valence-electron chi connectivity index (χ1n) is 10.8. The van der Waals surface area contributed by atoms with Gasteiger partial charge in [-0.2, -0.15) is 0 Å². The van der Waals surface area contributed by atoms with Gasteiger partial charge in [0.25, 0.3) is 0 Å². The molecule has 34 heavy (non-hydrogen) atoms. The number of carboxylic acids is 2. The van der Waals surface area contributed by atoms with Gasteiger partial charge in [-0.3, -0.25) is 14.4 Å². The topological polar surface area (TPSA) is 143 Å². The summed E-state index contributed by atoms with van der Waals surface area (Å²) < 4.78 is 0. The Kier molecular flexibility index (Phi) is 4.11. The van der Waals surface area contributed by atoms with Crippen LogP contribution in [0.1, 0.15) is 22.8 Å². The highest BCUT2D eigenvalue weighted by molar-refractivity contribution is 6.15. The molecule has 2 aromatic carbocycles. The summed E-state index contributed by atoms with van der Waals surface area (Å²) in [7, 11) is 0. The van der Waals surface area contributed by atoms with Crippen molar-refractivity contribution in [3.05, 3.63) is 71.3 Å². The highest BCUT2D eigenvalue weighted by Gasteiger charge is 2.63. The first-order valence-corrected chi connectivity index (χ1v) is 10.8. The zero-order chi connectivity index (χ0) is 23.7. The van der Waals surface area contributed by atoms with Crippen molar-refractivity contribution in [3.63, 3.8) is 0 Å². The van der Waals surface area contributed by atoms with E-state index in [1.54, 1.807) is 48.5 Å². The minimum atomic E-state index is -2.05. The summed E-state index contributed by atoms with van der Waals surface area (Å²) in [5, 5.41) is 20.8. The maximum absolute atomic E-state index is 14.0. The molecule has 2 aliphatic carbocycles. The van der Waals surface area contributed by atoms with E-state index in [1.807, 2.05) is 0 Å². The van der Waals surface area contributed by atoms with Crippen LogP contribution in [0.5, 0.6) is 0 Å². The van der Waals surface area contributed by atoms with Crippen molar-refractivity contribution in [1.82, 2.24) is 19.9 Å². The van der Waals surface area contributed by atoms with Crippen LogP contribution in [0.15, 0.2) is 48.5 Å². The molecule has 0 fully saturated rings. The van der Waals surface area contributed by atoms with Crippen molar-refractivity contribution < 1.29 is 24.6 Å². The lowest BCUT2D eigenvalue weighted by Gasteiger charge is -2.31. The summed E-state index contributed by atoms with van der Waals surface area (Å²) in [6.45, 7) is 0. The fourth-order valence-corrected chi connectivity index (χ4v) is 5.26. The number of rotatable bonds is 2. The average Bonchev–Trinajstić information content (AvgIpc) is 2.99. The molecule has 0 saturated heterocycles. The number of para-hydroxylation sites is 4. The molecule has 2 aromatic heterocycles. The first kappa shape index (κ1) is 20.3. The van der Waals surface area contributed by atoms with Gasteiger partial charge in [0, 0.05) is 25.7 Å². The number of carbonyl (C=O) groups excluding carboxylic acids is 1. The lowest BCUT2D eigenvalue weighted by molar-refractivity contribution is -0.165. The Morgan fingerprint density at radius 1 is 0.588 bits per heavy atom. The number of carboxylic acid groups (broad SMARTS) is 2. The number of ketones is 1. The summed E-state index contributed by atoms with van der Waals surface area (Å²) in [5.74, 6) is -3.64. The second-order valence-corrected chi connectivity index (χ2v) is 9.02. The van der Waals surface area contributed by atoms with Crippen LogP contribution < -0.4 is 0 Å². The highest BCUT2D eigenvalue weighted by atomic mass is 16.4. The number of fused-ring (bicyclic) bond motifs is 6. The zero-order valence-electron chi connectivity index (χ0n) is 17.9. The third-order valence-corrected chi connectivity index (χ3v) is 7.02. The summed E-state index contributed by atoms with van der Waals surface area (Å²) in [6, 6.07) is 14.2. The number of Topliss-reactive ketones (excluding diaryl/α,β-unsaturated/α-hetero) is 1. The smallest absolute Gasteiger partial charge is 0.318 e. The Labute approximate surface area is 192 Å². The molecule has 2 aliphatic rings. The number of aliphatic carboxylic acids is 2. The summed E-state index contributed by atoms with van der Waals surface area (Å²) in [5.41, 5.74) is -0.572. The molecule has 9 heteroatoms. The molecule has 4 aromatic rings. The normalized spacial score (nSPS) is 23.6. The van der Waals surface area contributed by atoms with Crippen LogP contribution in [0.25, 0.3) is 22.1 Å². The Morgan fingerprint density at radius 3 is 1.09 bits per heavy atom. The SMILES string of the molecule is O=C(O)C12Cc3nc4ccccc4nc3CC(C(=O)O)(Cc3nc4ccccc4nc3C1)C2=O. The van der Waals surface area contributed by atoms with E-state index in [1.165, 1.54) is 0 Å². The molecule has 0 radical (unpaired) electrons. The molecule has 2 bridgehead atoms. The van der Waals surface area contributed by atoms with Crippen LogP contribution in [-0.2, 0) is 40.1 Å². The van der Waals surface area contributed by atoms with Gasteiger partial charge in [0.2, 0.25) is 0 Å². The minimum Gasteiger partial charge on any atom is -0.480 e. The van der Waals surface area contributed by atoms with E-state index in [2.05, 4.69) is 19.9 Å². The largest absolute Gasteiger partial charge is 0.480 e. The molecule has 0 saturated carbocycles. The van der Waals surface area contributed by atoms with Crippen molar-refractivity contribution in [2.75, 3.05) is 0 Å². The van der Waals surface area contributed by atoms with Gasteiger partial charge in [0.15, 0.2) is 5.78 Å². The third kappa shape index (κ3) is 2.70. The molecule has 6 rings (SSSR count). The molecule has 0 aliphatic heterocycles. The van der Waals surface area contributed by atoms with Gasteiger partial charge in [0.05, 0.1) is 44.8 Å². The number of hydrogen-bond acceptors (Lipinski definition) is 7. The van der Waals surface area contributed by atoms with Crippen molar-refractivity contribution >= 4 is 39.8 Å². The summed E-state index contributed by atoms with van der Waals surface area (Å²) >= 11 is 0. The minimum absolute atomic E-state index is 0.267. The van der Waals surface area contributed by atoms with Crippen molar-refractivity contribution in [2.45, 2.75) is 25.7 Å². The standard InChI is InChI=1S/C25H18N4O5/c30-21-24(22(31)32)9-17-18(27-14-6-2-1-5-13(14)26-17)10-25(21,23(33)34)12-20-19(11-24)28-15-7-3-4-8-16(15)29-20/h1-8H,9-12H2,(H,31,32)(H,33,34). The first-order chi connectivity index (χ1) is 16.3. The molecule has 0 unspecified atom stereocenters. The highest BCUT2D eigenvalue weighted by Crippen LogP contribution is 2.47. The van der Waals surface area contributed by atoms with Crippen LogP contribution in [0.3, 0.4) is 0 Å². The monoisotopic (exact) mass is 454 g/mol. The zero-order valence-corrected chi connectivity index (χ0v) is 17.9. The van der Waals surface area contributed by atoms with Crippen molar-refractivity contribution in [1.29, 1.82) is 0 Å². The van der Waals surface area contributed by atoms with Crippen LogP contribution in [-0.4, -0.2) is 47.9 Å². The second kappa shape index (κ2) is 6.86. The van der Waals surface area contributed by atoms with Gasteiger partial charge in [-0.05, 0) is 24.3 Å². The lowest BCUT2D eigenvalue weighted by atomic mass is 9.66. The molecule has 168 valence electrons. The maximum Gasteiger partial charge on any atom is 0.318 e. The maximum atomic E-state index is 14.0. The second-order valence-electron chi connectivity index (χ2n) is 9.02. The van der Waals surface area contributed by atoms with E-state index < -0.39 is 28.6 Å². The van der Waals surface area contributed by atoms with Gasteiger partial charge in [0.1, 0.15) is 10.8 Å². The molecule has 0 amide bonds. The predicted octanol–water partition coefficient (Wildman–Crippen LogP) is 2.18. The van der Waals surface area contributed by atoms with Gasteiger partial charge < -0.3 is 10.2 Å². The van der Waals surface area contributed by atoms with E-state index in [9.17, 15) is 24.6 Å². The van der Waals surface area contributed by atoms with Gasteiger partial charge in [-0.15, -0.1) is 0 Å². The fourth-order valence-electron chi connectivity index (χ4n) is 5.26. The number of nitrogens with zero attached hydrogens (tertiary/aromatic N) is 4. The molecule has 0 atom stereocenters. The fraction of sp³-hybridized carbons (Fsp3) is 0.240. The van der Waals surface area contributed by atoms with Crippen molar-refractivity contribution in [3.8, 4) is 0 Å². The lowest BCUT2D eigenvalue weighted by Crippen LogP contribution is -2.53. The quantitative estimate of drug-likeness (QED) is 0.436. The third-order valence-electron chi connectivity index (χ3n) is 7.02. The molecule has 0 spiro atoms. The van der Waals surface area contributed by atoms with Crippen molar-refractivity contribution in [2.24, 2.45) is 10.8 Å². The Bertz CT molecular complexity index is 1360. The van der Waals surface area contributed by atoms with Crippen LogP contribution in [0, 0.1) is 10.8 Å². The molecular formula is C25H18N4O5. The van der Waals surface area contributed by atoms with Crippen LogP contribution >= 0.6 is 0 Å². The van der Waals surface area contributed by atoms with E-state index in [-0.39, 0.29) is 25.7 Å². The van der Waals surface area contributed by atoms with Gasteiger partial charge in [-0.25, -0.2) is 19.9 Å². The number of carbonyl (C=O) groups is 3. The van der Waals surface area contributed by atoms with E-state index >= 15 is 0 Å².